The number of nitrogens with two attached hydrogens (primary N) is 1. The van der Waals surface area contributed by atoms with E-state index in [1.165, 1.54) is 12.1 Å². The van der Waals surface area contributed by atoms with E-state index in [0.29, 0.717) is 6.07 Å². The summed E-state index contributed by atoms with van der Waals surface area (Å²) in [6.45, 7) is 1.79. The first-order chi connectivity index (χ1) is 9.83. The van der Waals surface area contributed by atoms with E-state index in [9.17, 15) is 17.2 Å². The highest BCUT2D eigenvalue weighted by Gasteiger charge is 2.19. The summed E-state index contributed by atoms with van der Waals surface area (Å²) < 4.78 is 52.9. The molecule has 8 heteroatoms. The minimum Gasteiger partial charge on any atom is -0.326 e. The van der Waals surface area contributed by atoms with Crippen molar-refractivity contribution in [1.29, 1.82) is 0 Å². The molecule has 0 amide bonds. The third kappa shape index (κ3) is 3.65. The lowest BCUT2D eigenvalue weighted by atomic mass is 10.2. The second kappa shape index (κ2) is 6.18. The van der Waals surface area contributed by atoms with E-state index in [2.05, 4.69) is 4.72 Å². The number of aryl methyl sites for hydroxylation is 1. The van der Waals surface area contributed by atoms with Gasteiger partial charge in [0.15, 0.2) is 0 Å². The lowest BCUT2D eigenvalue weighted by molar-refractivity contribution is 0.563. The molecule has 0 aliphatic carbocycles. The van der Waals surface area contributed by atoms with Crippen LogP contribution in [0, 0.1) is 18.6 Å². The number of nitrogens with one attached hydrogen (secondary N) is 1. The van der Waals surface area contributed by atoms with Gasteiger partial charge in [0.2, 0.25) is 10.0 Å². The highest BCUT2D eigenvalue weighted by atomic mass is 32.2. The molecule has 0 saturated carbocycles. The van der Waals surface area contributed by atoms with Crippen molar-refractivity contribution in [2.75, 3.05) is 0 Å². The second-order valence-electron chi connectivity index (χ2n) is 4.44. The van der Waals surface area contributed by atoms with Gasteiger partial charge in [-0.05, 0) is 24.6 Å². The number of rotatable bonds is 5. The average molecular weight is 332 g/mol. The van der Waals surface area contributed by atoms with Crippen LogP contribution in [0.5, 0.6) is 0 Å². The van der Waals surface area contributed by atoms with Crippen LogP contribution in [0.4, 0.5) is 8.78 Å². The Hall–Kier alpha value is -1.35. The summed E-state index contributed by atoms with van der Waals surface area (Å²) in [5.74, 6) is -1.50. The van der Waals surface area contributed by atoms with Crippen molar-refractivity contribution in [3.8, 4) is 0 Å². The zero-order chi connectivity index (χ0) is 15.6. The van der Waals surface area contributed by atoms with E-state index in [4.69, 9.17) is 5.73 Å². The molecule has 1 aromatic heterocycles. The molecule has 0 atom stereocenters. The van der Waals surface area contributed by atoms with Crippen molar-refractivity contribution in [2.45, 2.75) is 24.2 Å². The van der Waals surface area contributed by atoms with Crippen molar-refractivity contribution < 1.29 is 17.2 Å². The Morgan fingerprint density at radius 2 is 2.00 bits per heavy atom. The summed E-state index contributed by atoms with van der Waals surface area (Å²) in [4.78, 5) is 0.781. The fourth-order valence-corrected chi connectivity index (χ4v) is 4.25. The van der Waals surface area contributed by atoms with Gasteiger partial charge in [0.1, 0.15) is 15.8 Å². The normalized spacial score (nSPS) is 11.8. The quantitative estimate of drug-likeness (QED) is 0.882. The molecule has 4 nitrogen and oxygen atoms in total. The highest BCUT2D eigenvalue weighted by molar-refractivity contribution is 7.91. The van der Waals surface area contributed by atoms with E-state index in [-0.39, 0.29) is 22.9 Å². The minimum absolute atomic E-state index is 0.0762. The highest BCUT2D eigenvalue weighted by Crippen LogP contribution is 2.25. The molecular formula is C13H14F2N2O2S2. The molecule has 0 bridgehead atoms. The summed E-state index contributed by atoms with van der Waals surface area (Å²) in [5, 5.41) is 0. The largest absolute Gasteiger partial charge is 0.326 e. The zero-order valence-corrected chi connectivity index (χ0v) is 12.8. The van der Waals surface area contributed by atoms with Crippen molar-refractivity contribution in [1.82, 2.24) is 4.72 Å². The molecule has 1 aromatic carbocycles. The third-order valence-corrected chi connectivity index (χ3v) is 6.05. The van der Waals surface area contributed by atoms with E-state index in [1.54, 1.807) is 6.92 Å². The first kappa shape index (κ1) is 16.0. The molecule has 0 radical (unpaired) electrons. The summed E-state index contributed by atoms with van der Waals surface area (Å²) >= 11 is 1.08. The van der Waals surface area contributed by atoms with E-state index < -0.39 is 21.7 Å². The molecule has 0 saturated heterocycles. The summed E-state index contributed by atoms with van der Waals surface area (Å²) in [5.41, 5.74) is 6.39. The Balaban J connectivity index is 2.17. The first-order valence-corrected chi connectivity index (χ1v) is 8.36. The van der Waals surface area contributed by atoms with E-state index in [0.717, 1.165) is 27.8 Å². The lowest BCUT2D eigenvalue weighted by Crippen LogP contribution is -2.23. The maximum Gasteiger partial charge on any atom is 0.250 e. The predicted octanol–water partition coefficient (Wildman–Crippen LogP) is 2.27. The molecule has 2 rings (SSSR count). The van der Waals surface area contributed by atoms with Crippen LogP contribution in [0.15, 0.2) is 28.5 Å². The number of hydrogen-bond donors (Lipinski definition) is 2. The van der Waals surface area contributed by atoms with Crippen LogP contribution < -0.4 is 10.5 Å². The number of benzene rings is 1. The van der Waals surface area contributed by atoms with Crippen molar-refractivity contribution in [3.63, 3.8) is 0 Å². The molecule has 0 unspecified atom stereocenters. The molecule has 2 aromatic rings. The van der Waals surface area contributed by atoms with Gasteiger partial charge >= 0.3 is 0 Å². The standard InChI is InChI=1S/C13H14F2N2O2S2/c1-8-4-13(20-12(8)6-16)21(18,19)17-7-9-2-3-10(14)5-11(9)15/h2-5,17H,6-7,16H2,1H3. The molecule has 114 valence electrons. The number of hydrogen-bond acceptors (Lipinski definition) is 4. The van der Waals surface area contributed by atoms with E-state index >= 15 is 0 Å². The molecule has 3 N–H and O–H groups in total. The number of halogens is 2. The van der Waals surface area contributed by atoms with Gasteiger partial charge in [-0.3, -0.25) is 0 Å². The van der Waals surface area contributed by atoms with Crippen LogP contribution in [0.3, 0.4) is 0 Å². The zero-order valence-electron chi connectivity index (χ0n) is 11.2. The topological polar surface area (TPSA) is 72.2 Å². The monoisotopic (exact) mass is 332 g/mol. The van der Waals surface area contributed by atoms with Crippen LogP contribution in [-0.4, -0.2) is 8.42 Å². The minimum atomic E-state index is -3.74. The molecule has 1 heterocycles. The lowest BCUT2D eigenvalue weighted by Gasteiger charge is -2.06. The van der Waals surface area contributed by atoms with Crippen LogP contribution in [0.25, 0.3) is 0 Å². The van der Waals surface area contributed by atoms with Gasteiger partial charge in [0.05, 0.1) is 0 Å². The first-order valence-electron chi connectivity index (χ1n) is 6.06. The second-order valence-corrected chi connectivity index (χ2v) is 7.57. The van der Waals surface area contributed by atoms with Gasteiger partial charge in [-0.25, -0.2) is 21.9 Å². The SMILES string of the molecule is Cc1cc(S(=O)(=O)NCc2ccc(F)cc2F)sc1CN. The maximum atomic E-state index is 13.5. The van der Waals surface area contributed by atoms with Gasteiger partial charge in [0.25, 0.3) is 0 Å². The third-order valence-electron chi connectivity index (χ3n) is 2.92. The summed E-state index contributed by atoms with van der Waals surface area (Å²) in [7, 11) is -3.74. The fraction of sp³-hybridized carbons (Fsp3) is 0.231. The molecular weight excluding hydrogens is 318 g/mol. The Morgan fingerprint density at radius 3 is 2.57 bits per heavy atom. The number of thiophene rings is 1. The van der Waals surface area contributed by atoms with Gasteiger partial charge in [-0.2, -0.15) is 0 Å². The number of sulfonamides is 1. The van der Waals surface area contributed by atoms with Gasteiger partial charge in [0, 0.05) is 29.6 Å². The van der Waals surface area contributed by atoms with Crippen molar-refractivity contribution in [2.24, 2.45) is 5.73 Å². The van der Waals surface area contributed by atoms with Crippen molar-refractivity contribution >= 4 is 21.4 Å². The molecule has 0 aliphatic rings. The maximum absolute atomic E-state index is 13.5. The molecule has 0 fully saturated rings. The average Bonchev–Trinajstić information content (AvgIpc) is 2.80. The molecule has 21 heavy (non-hydrogen) atoms. The van der Waals surface area contributed by atoms with Crippen LogP contribution in [0.1, 0.15) is 16.0 Å². The van der Waals surface area contributed by atoms with Crippen LogP contribution in [-0.2, 0) is 23.1 Å². The van der Waals surface area contributed by atoms with Gasteiger partial charge < -0.3 is 5.73 Å². The predicted molar refractivity (Wildman–Crippen MR) is 77.3 cm³/mol. The Morgan fingerprint density at radius 1 is 1.29 bits per heavy atom. The van der Waals surface area contributed by atoms with E-state index in [1.807, 2.05) is 0 Å². The fourth-order valence-electron chi connectivity index (χ4n) is 1.73. The molecule has 0 spiro atoms. The van der Waals surface area contributed by atoms with Gasteiger partial charge in [-0.1, -0.05) is 6.07 Å². The Kier molecular flexibility index (Phi) is 4.72. The van der Waals surface area contributed by atoms with Crippen molar-refractivity contribution in [3.05, 3.63) is 51.9 Å². The summed E-state index contributed by atoms with van der Waals surface area (Å²) in [6, 6.07) is 4.52. The molecule has 0 aliphatic heterocycles. The van der Waals surface area contributed by atoms with Crippen LogP contribution >= 0.6 is 11.3 Å². The Bertz CT molecular complexity index is 758. The van der Waals surface area contributed by atoms with Gasteiger partial charge in [-0.15, -0.1) is 11.3 Å². The summed E-state index contributed by atoms with van der Waals surface area (Å²) in [6.07, 6.45) is 0. The smallest absolute Gasteiger partial charge is 0.250 e. The Labute approximate surface area is 125 Å². The van der Waals surface area contributed by atoms with Crippen LogP contribution in [0.2, 0.25) is 0 Å².